The fraction of sp³-hybridized carbons (Fsp3) is 0.0833. The van der Waals surface area contributed by atoms with Crippen LogP contribution in [0.15, 0.2) is 85.1 Å². The van der Waals surface area contributed by atoms with Crippen LogP contribution in [0.3, 0.4) is 0 Å². The van der Waals surface area contributed by atoms with Gasteiger partial charge in [0.25, 0.3) is 11.8 Å². The Morgan fingerprint density at radius 3 is 2.31 bits per heavy atom. The zero-order valence-corrected chi connectivity index (χ0v) is 16.1. The molecule has 1 heterocycles. The van der Waals surface area contributed by atoms with Crippen LogP contribution in [0.25, 0.3) is 10.9 Å². The molecule has 0 saturated carbocycles. The number of aryl methyl sites for hydroxylation is 1. The first-order valence-corrected chi connectivity index (χ1v) is 9.40. The quantitative estimate of drug-likeness (QED) is 0.538. The number of carbonyl (C=O) groups is 2. The Bertz CT molecular complexity index is 1180. The molecule has 5 heteroatoms. The van der Waals surface area contributed by atoms with Crippen LogP contribution >= 0.6 is 0 Å². The first kappa shape index (κ1) is 18.5. The van der Waals surface area contributed by atoms with Crippen molar-refractivity contribution in [2.75, 3.05) is 5.32 Å². The highest BCUT2D eigenvalue weighted by molar-refractivity contribution is 6.14. The molecule has 0 radical (unpaired) electrons. The molecule has 1 aromatic heterocycles. The summed E-state index contributed by atoms with van der Waals surface area (Å²) in [5, 5.41) is 6.68. The lowest BCUT2D eigenvalue weighted by molar-refractivity contribution is 0.0952. The molecule has 144 valence electrons. The highest BCUT2D eigenvalue weighted by Crippen LogP contribution is 2.23. The van der Waals surface area contributed by atoms with Crippen LogP contribution in [0.2, 0.25) is 0 Å². The number of anilines is 1. The van der Waals surface area contributed by atoms with Crippen molar-refractivity contribution in [3.05, 3.63) is 102 Å². The van der Waals surface area contributed by atoms with E-state index in [1.807, 2.05) is 66.2 Å². The summed E-state index contributed by atoms with van der Waals surface area (Å²) in [6.07, 6.45) is 1.80. The SMILES string of the molecule is Cn1cc(C(=O)Nc2ccccc2C(=O)NCc2ccccc2)c2ccccc21. The van der Waals surface area contributed by atoms with E-state index < -0.39 is 0 Å². The molecule has 0 bridgehead atoms. The van der Waals surface area contributed by atoms with E-state index in [2.05, 4.69) is 10.6 Å². The van der Waals surface area contributed by atoms with Gasteiger partial charge in [0.15, 0.2) is 0 Å². The van der Waals surface area contributed by atoms with Gasteiger partial charge in [-0.2, -0.15) is 0 Å². The van der Waals surface area contributed by atoms with Crippen molar-refractivity contribution < 1.29 is 9.59 Å². The number of hydrogen-bond donors (Lipinski definition) is 2. The minimum absolute atomic E-state index is 0.234. The van der Waals surface area contributed by atoms with Crippen molar-refractivity contribution >= 4 is 28.4 Å². The van der Waals surface area contributed by atoms with Gasteiger partial charge in [0.2, 0.25) is 0 Å². The van der Waals surface area contributed by atoms with E-state index in [4.69, 9.17) is 0 Å². The summed E-state index contributed by atoms with van der Waals surface area (Å²) < 4.78 is 1.92. The lowest BCUT2D eigenvalue weighted by Gasteiger charge is -2.11. The standard InChI is InChI=1S/C24H21N3O2/c1-27-16-20(18-11-6-8-14-22(18)27)24(29)26-21-13-7-5-12-19(21)23(28)25-15-17-9-3-2-4-10-17/h2-14,16H,15H2,1H3,(H,25,28)(H,26,29). The summed E-state index contributed by atoms with van der Waals surface area (Å²) in [7, 11) is 1.91. The third-order valence-corrected chi connectivity index (χ3v) is 4.86. The van der Waals surface area contributed by atoms with Crippen LogP contribution in [-0.4, -0.2) is 16.4 Å². The molecule has 0 spiro atoms. The van der Waals surface area contributed by atoms with Gasteiger partial charge < -0.3 is 15.2 Å². The number of amides is 2. The molecular formula is C24H21N3O2. The largest absolute Gasteiger partial charge is 0.350 e. The van der Waals surface area contributed by atoms with E-state index in [1.165, 1.54) is 0 Å². The lowest BCUT2D eigenvalue weighted by atomic mass is 10.1. The Balaban J connectivity index is 1.55. The maximum Gasteiger partial charge on any atom is 0.257 e. The third-order valence-electron chi connectivity index (χ3n) is 4.86. The minimum Gasteiger partial charge on any atom is -0.350 e. The van der Waals surface area contributed by atoms with Crippen LogP contribution in [0.4, 0.5) is 5.69 Å². The van der Waals surface area contributed by atoms with E-state index in [0.29, 0.717) is 23.4 Å². The molecule has 5 nitrogen and oxygen atoms in total. The van der Waals surface area contributed by atoms with Crippen molar-refractivity contribution in [3.8, 4) is 0 Å². The number of benzene rings is 3. The van der Waals surface area contributed by atoms with Crippen LogP contribution in [0, 0.1) is 0 Å². The summed E-state index contributed by atoms with van der Waals surface area (Å²) in [5.41, 5.74) is 3.47. The number of hydrogen-bond acceptors (Lipinski definition) is 2. The summed E-state index contributed by atoms with van der Waals surface area (Å²) in [6.45, 7) is 0.422. The summed E-state index contributed by atoms with van der Waals surface area (Å²) in [4.78, 5) is 25.6. The van der Waals surface area contributed by atoms with Gasteiger partial charge in [-0.3, -0.25) is 9.59 Å². The zero-order valence-electron chi connectivity index (χ0n) is 16.1. The highest BCUT2D eigenvalue weighted by Gasteiger charge is 2.17. The summed E-state index contributed by atoms with van der Waals surface area (Å²) in [5.74, 6) is -0.479. The Morgan fingerprint density at radius 2 is 1.48 bits per heavy atom. The van der Waals surface area contributed by atoms with Gasteiger partial charge in [-0.15, -0.1) is 0 Å². The van der Waals surface area contributed by atoms with Gasteiger partial charge >= 0.3 is 0 Å². The Hall–Kier alpha value is -3.86. The van der Waals surface area contributed by atoms with E-state index in [0.717, 1.165) is 16.5 Å². The predicted octanol–water partition coefficient (Wildman–Crippen LogP) is 4.36. The normalized spacial score (nSPS) is 10.7. The van der Waals surface area contributed by atoms with Gasteiger partial charge in [-0.1, -0.05) is 60.7 Å². The fourth-order valence-corrected chi connectivity index (χ4v) is 3.38. The van der Waals surface area contributed by atoms with Crippen molar-refractivity contribution in [1.82, 2.24) is 9.88 Å². The Morgan fingerprint density at radius 1 is 0.793 bits per heavy atom. The smallest absolute Gasteiger partial charge is 0.257 e. The molecule has 0 fully saturated rings. The van der Waals surface area contributed by atoms with Gasteiger partial charge in [0, 0.05) is 30.7 Å². The molecule has 0 aliphatic rings. The second kappa shape index (κ2) is 8.02. The molecule has 2 N–H and O–H groups in total. The van der Waals surface area contributed by atoms with Crippen LogP contribution in [0.1, 0.15) is 26.3 Å². The van der Waals surface area contributed by atoms with Crippen LogP contribution in [0.5, 0.6) is 0 Å². The minimum atomic E-state index is -0.245. The molecule has 0 aliphatic heterocycles. The van der Waals surface area contributed by atoms with Gasteiger partial charge in [-0.25, -0.2) is 0 Å². The molecule has 2 amide bonds. The first-order chi connectivity index (χ1) is 14.1. The monoisotopic (exact) mass is 383 g/mol. The molecule has 0 unspecified atom stereocenters. The molecule has 29 heavy (non-hydrogen) atoms. The molecule has 0 atom stereocenters. The first-order valence-electron chi connectivity index (χ1n) is 9.40. The zero-order chi connectivity index (χ0) is 20.2. The predicted molar refractivity (Wildman–Crippen MR) is 115 cm³/mol. The molecular weight excluding hydrogens is 362 g/mol. The maximum atomic E-state index is 12.9. The maximum absolute atomic E-state index is 12.9. The average Bonchev–Trinajstić information content (AvgIpc) is 3.10. The molecule has 4 aromatic rings. The van der Waals surface area contributed by atoms with Gasteiger partial charge in [0.05, 0.1) is 16.8 Å². The van der Waals surface area contributed by atoms with E-state index in [1.54, 1.807) is 30.5 Å². The Kier molecular flexibility index (Phi) is 5.12. The van der Waals surface area contributed by atoms with Crippen molar-refractivity contribution in [2.24, 2.45) is 7.05 Å². The van der Waals surface area contributed by atoms with Crippen LogP contribution in [-0.2, 0) is 13.6 Å². The number of fused-ring (bicyclic) bond motifs is 1. The second-order valence-electron chi connectivity index (χ2n) is 6.84. The van der Waals surface area contributed by atoms with Gasteiger partial charge in [0.1, 0.15) is 0 Å². The number of nitrogens with one attached hydrogen (secondary N) is 2. The number of aromatic nitrogens is 1. The molecule has 3 aromatic carbocycles. The van der Waals surface area contributed by atoms with Crippen molar-refractivity contribution in [3.63, 3.8) is 0 Å². The number of rotatable bonds is 5. The van der Waals surface area contributed by atoms with Crippen molar-refractivity contribution in [1.29, 1.82) is 0 Å². The topological polar surface area (TPSA) is 63.1 Å². The summed E-state index contributed by atoms with van der Waals surface area (Å²) >= 11 is 0. The third kappa shape index (κ3) is 3.89. The summed E-state index contributed by atoms with van der Waals surface area (Å²) in [6, 6.07) is 24.5. The fourth-order valence-electron chi connectivity index (χ4n) is 3.38. The second-order valence-corrected chi connectivity index (χ2v) is 6.84. The number of para-hydroxylation sites is 2. The van der Waals surface area contributed by atoms with E-state index in [9.17, 15) is 9.59 Å². The molecule has 4 rings (SSSR count). The van der Waals surface area contributed by atoms with Gasteiger partial charge in [-0.05, 0) is 23.8 Å². The van der Waals surface area contributed by atoms with E-state index in [-0.39, 0.29) is 11.8 Å². The lowest BCUT2D eigenvalue weighted by Crippen LogP contribution is -2.24. The Labute approximate surface area is 169 Å². The van der Waals surface area contributed by atoms with E-state index >= 15 is 0 Å². The molecule has 0 saturated heterocycles. The average molecular weight is 383 g/mol. The number of nitrogens with zero attached hydrogens (tertiary/aromatic N) is 1. The van der Waals surface area contributed by atoms with Crippen molar-refractivity contribution in [2.45, 2.75) is 6.54 Å². The number of carbonyl (C=O) groups excluding carboxylic acids is 2. The molecule has 0 aliphatic carbocycles. The highest BCUT2D eigenvalue weighted by atomic mass is 16.2. The van der Waals surface area contributed by atoms with Crippen LogP contribution < -0.4 is 10.6 Å².